The van der Waals surface area contributed by atoms with Gasteiger partial charge in [0, 0.05) is 24.9 Å². The number of fused-ring (bicyclic) bond motifs is 1. The van der Waals surface area contributed by atoms with Crippen molar-refractivity contribution in [2.24, 2.45) is 0 Å². The number of nitrogens with zero attached hydrogens (tertiary/aromatic N) is 3. The van der Waals surface area contributed by atoms with Gasteiger partial charge in [0.2, 0.25) is 0 Å². The smallest absolute Gasteiger partial charge is 0.260 e. The number of rotatable bonds is 9. The zero-order chi connectivity index (χ0) is 22.6. The van der Waals surface area contributed by atoms with Crippen molar-refractivity contribution in [1.29, 1.82) is 0 Å². The molecule has 7 nitrogen and oxygen atoms in total. The van der Waals surface area contributed by atoms with Crippen molar-refractivity contribution >= 4 is 54.8 Å². The van der Waals surface area contributed by atoms with E-state index in [0.29, 0.717) is 29.5 Å². The third-order valence-electron chi connectivity index (χ3n) is 5.13. The van der Waals surface area contributed by atoms with E-state index >= 15 is 0 Å². The van der Waals surface area contributed by atoms with Gasteiger partial charge in [-0.15, -0.1) is 12.4 Å². The number of sulfone groups is 1. The molecule has 0 spiro atoms. The summed E-state index contributed by atoms with van der Waals surface area (Å²) >= 11 is 1.43. The lowest BCUT2D eigenvalue weighted by atomic mass is 10.2. The average molecular weight is 498 g/mol. The number of hydrogen-bond acceptors (Lipinski definition) is 7. The molecule has 0 aliphatic carbocycles. The van der Waals surface area contributed by atoms with Crippen LogP contribution in [0.15, 0.2) is 47.4 Å². The molecular formula is C22H28ClN3O4S2. The van der Waals surface area contributed by atoms with Crippen LogP contribution in [0.25, 0.3) is 10.2 Å². The molecule has 1 heterocycles. The van der Waals surface area contributed by atoms with Crippen molar-refractivity contribution in [3.8, 4) is 5.75 Å². The number of ether oxygens (including phenoxy) is 1. The van der Waals surface area contributed by atoms with E-state index in [1.807, 2.05) is 18.2 Å². The fraction of sp³-hybridized carbons (Fsp3) is 0.364. The number of likely N-dealkylation sites (N-methyl/N-ethyl adjacent to an activating group) is 1. The summed E-state index contributed by atoms with van der Waals surface area (Å²) in [6.07, 6.45) is 1.15. The minimum Gasteiger partial charge on any atom is -0.494 e. The van der Waals surface area contributed by atoms with Crippen LogP contribution in [0.1, 0.15) is 24.2 Å². The molecule has 174 valence electrons. The van der Waals surface area contributed by atoms with Gasteiger partial charge in [-0.25, -0.2) is 13.4 Å². The number of thiazole rings is 1. The van der Waals surface area contributed by atoms with Crippen LogP contribution in [0.4, 0.5) is 5.13 Å². The number of hydrogen-bond donors (Lipinski definition) is 0. The number of amides is 1. The standard InChI is InChI=1S/C22H27N3O4S2.ClH/c1-5-24(6-2)14-15-25(21(26)16-10-12-17(13-11-16)31(4,27)28)22-23-20-18(29-3)8-7-9-19(20)30-22;/h7-13H,5-6,14-15H2,1-4H3;1H. The third kappa shape index (κ3) is 5.78. The van der Waals surface area contributed by atoms with Gasteiger partial charge in [-0.1, -0.05) is 31.3 Å². The second-order valence-corrected chi connectivity index (χ2v) is 10.1. The number of halogens is 1. The van der Waals surface area contributed by atoms with Crippen LogP contribution in [0, 0.1) is 0 Å². The number of carbonyl (C=O) groups excluding carboxylic acids is 1. The van der Waals surface area contributed by atoms with E-state index in [0.717, 1.165) is 29.6 Å². The minimum atomic E-state index is -3.33. The predicted octanol–water partition coefficient (Wildman–Crippen LogP) is 4.12. The van der Waals surface area contributed by atoms with Crippen molar-refractivity contribution in [2.75, 3.05) is 44.4 Å². The molecule has 3 rings (SSSR count). The molecule has 0 unspecified atom stereocenters. The Hall–Kier alpha value is -2.20. The van der Waals surface area contributed by atoms with E-state index in [9.17, 15) is 13.2 Å². The van der Waals surface area contributed by atoms with Gasteiger partial charge in [-0.05, 0) is 49.5 Å². The van der Waals surface area contributed by atoms with Crippen molar-refractivity contribution in [3.05, 3.63) is 48.0 Å². The summed E-state index contributed by atoms with van der Waals surface area (Å²) in [4.78, 5) is 22.2. The van der Waals surface area contributed by atoms with E-state index in [4.69, 9.17) is 9.72 Å². The molecule has 0 aliphatic rings. The highest BCUT2D eigenvalue weighted by Gasteiger charge is 2.23. The molecule has 2 aromatic carbocycles. The van der Waals surface area contributed by atoms with E-state index in [1.54, 1.807) is 24.1 Å². The van der Waals surface area contributed by atoms with Crippen molar-refractivity contribution in [1.82, 2.24) is 9.88 Å². The Kier molecular flexibility index (Phi) is 9.03. The Bertz CT molecular complexity index is 1160. The second-order valence-electron chi connectivity index (χ2n) is 7.08. The van der Waals surface area contributed by atoms with Crippen molar-refractivity contribution in [3.63, 3.8) is 0 Å². The van der Waals surface area contributed by atoms with Crippen LogP contribution < -0.4 is 9.64 Å². The topological polar surface area (TPSA) is 79.8 Å². The maximum absolute atomic E-state index is 13.4. The zero-order valence-electron chi connectivity index (χ0n) is 18.6. The Morgan fingerprint density at radius 1 is 1.06 bits per heavy atom. The summed E-state index contributed by atoms with van der Waals surface area (Å²) in [7, 11) is -1.73. The van der Waals surface area contributed by atoms with Crippen molar-refractivity contribution < 1.29 is 17.9 Å². The number of carbonyl (C=O) groups is 1. The lowest BCUT2D eigenvalue weighted by molar-refractivity contribution is 0.0983. The lowest BCUT2D eigenvalue weighted by Gasteiger charge is -2.24. The highest BCUT2D eigenvalue weighted by atomic mass is 35.5. The summed E-state index contributed by atoms with van der Waals surface area (Å²) in [5.74, 6) is 0.443. The summed E-state index contributed by atoms with van der Waals surface area (Å²) < 4.78 is 29.9. The number of benzene rings is 2. The monoisotopic (exact) mass is 497 g/mol. The number of aromatic nitrogens is 1. The molecule has 0 saturated heterocycles. The van der Waals surface area contributed by atoms with Crippen LogP contribution in [0.5, 0.6) is 5.75 Å². The Morgan fingerprint density at radius 2 is 1.72 bits per heavy atom. The molecule has 3 aromatic rings. The molecule has 0 atom stereocenters. The summed E-state index contributed by atoms with van der Waals surface area (Å²) in [5, 5.41) is 0.587. The molecule has 10 heteroatoms. The fourth-order valence-electron chi connectivity index (χ4n) is 3.26. The number of methoxy groups -OCH3 is 1. The first-order valence-corrected chi connectivity index (χ1v) is 12.8. The molecule has 1 aromatic heterocycles. The van der Waals surface area contributed by atoms with E-state index in [1.165, 1.54) is 23.5 Å². The summed E-state index contributed by atoms with van der Waals surface area (Å²) in [6.45, 7) is 7.11. The average Bonchev–Trinajstić information content (AvgIpc) is 3.20. The van der Waals surface area contributed by atoms with Gasteiger partial charge in [0.25, 0.3) is 5.91 Å². The summed E-state index contributed by atoms with van der Waals surface area (Å²) in [6, 6.07) is 11.7. The second kappa shape index (κ2) is 11.1. The molecule has 1 amide bonds. The van der Waals surface area contributed by atoms with Crippen LogP contribution >= 0.6 is 23.7 Å². The van der Waals surface area contributed by atoms with Gasteiger partial charge in [-0.2, -0.15) is 0 Å². The highest BCUT2D eigenvalue weighted by Crippen LogP contribution is 2.34. The van der Waals surface area contributed by atoms with Crippen LogP contribution in [-0.2, 0) is 9.84 Å². The Morgan fingerprint density at radius 3 is 2.28 bits per heavy atom. The van der Waals surface area contributed by atoms with E-state index in [-0.39, 0.29) is 23.2 Å². The minimum absolute atomic E-state index is 0. The van der Waals surface area contributed by atoms with Crippen molar-refractivity contribution in [2.45, 2.75) is 18.7 Å². The van der Waals surface area contributed by atoms with Crippen LogP contribution in [0.3, 0.4) is 0 Å². The molecular weight excluding hydrogens is 470 g/mol. The molecule has 0 aliphatic heterocycles. The molecule has 0 saturated carbocycles. The molecule has 0 radical (unpaired) electrons. The maximum Gasteiger partial charge on any atom is 0.260 e. The maximum atomic E-state index is 13.4. The SMILES string of the molecule is CCN(CC)CCN(C(=O)c1ccc(S(C)(=O)=O)cc1)c1nc2c(OC)cccc2s1.Cl. The van der Waals surface area contributed by atoms with E-state index < -0.39 is 9.84 Å². The van der Waals surface area contributed by atoms with Gasteiger partial charge >= 0.3 is 0 Å². The zero-order valence-corrected chi connectivity index (χ0v) is 21.0. The van der Waals surface area contributed by atoms with Gasteiger partial charge in [0.15, 0.2) is 15.0 Å². The van der Waals surface area contributed by atoms with E-state index in [2.05, 4.69) is 18.7 Å². The third-order valence-corrected chi connectivity index (χ3v) is 7.30. The molecule has 32 heavy (non-hydrogen) atoms. The number of para-hydroxylation sites is 1. The first-order chi connectivity index (χ1) is 14.8. The molecule has 0 N–H and O–H groups in total. The molecule has 0 fully saturated rings. The number of anilines is 1. The Balaban J connectivity index is 0.00000363. The largest absolute Gasteiger partial charge is 0.494 e. The fourth-order valence-corrected chi connectivity index (χ4v) is 4.90. The quantitative estimate of drug-likeness (QED) is 0.442. The molecule has 0 bridgehead atoms. The van der Waals surface area contributed by atoms with Gasteiger partial charge < -0.3 is 9.64 Å². The summed E-state index contributed by atoms with van der Waals surface area (Å²) in [5.41, 5.74) is 1.14. The van der Waals surface area contributed by atoms with Crippen LogP contribution in [-0.4, -0.2) is 63.8 Å². The Labute approximate surface area is 199 Å². The lowest BCUT2D eigenvalue weighted by Crippen LogP contribution is -2.38. The normalized spacial score (nSPS) is 11.4. The van der Waals surface area contributed by atoms with Gasteiger partial charge in [0.1, 0.15) is 11.3 Å². The van der Waals surface area contributed by atoms with Crippen LogP contribution in [0.2, 0.25) is 0 Å². The first-order valence-electron chi connectivity index (χ1n) is 10.1. The predicted molar refractivity (Wildman–Crippen MR) is 132 cm³/mol. The highest BCUT2D eigenvalue weighted by molar-refractivity contribution is 7.90. The van der Waals surface area contributed by atoms with Gasteiger partial charge in [-0.3, -0.25) is 9.69 Å². The first kappa shape index (κ1) is 26.1. The van der Waals surface area contributed by atoms with Gasteiger partial charge in [0.05, 0.1) is 16.7 Å².